The predicted octanol–water partition coefficient (Wildman–Crippen LogP) is 0.189. The summed E-state index contributed by atoms with van der Waals surface area (Å²) in [5, 5.41) is 6.18. The number of hydrogen-bond acceptors (Lipinski definition) is 5. The van der Waals surface area contributed by atoms with Crippen LogP contribution in [0.4, 0.5) is 0 Å². The number of amides is 1. The van der Waals surface area contributed by atoms with Gasteiger partial charge in [0.25, 0.3) is 5.91 Å². The van der Waals surface area contributed by atoms with E-state index in [0.717, 1.165) is 19.4 Å². The number of ether oxygens (including phenoxy) is 1. The lowest BCUT2D eigenvalue weighted by Gasteiger charge is -2.26. The van der Waals surface area contributed by atoms with Crippen molar-refractivity contribution in [1.29, 1.82) is 0 Å². The summed E-state index contributed by atoms with van der Waals surface area (Å²) in [5.74, 6) is -0.247. The molecule has 0 saturated carbocycles. The van der Waals surface area contributed by atoms with Crippen molar-refractivity contribution in [2.24, 2.45) is 0 Å². The number of rotatable bonds is 5. The van der Waals surface area contributed by atoms with Crippen molar-refractivity contribution in [1.82, 2.24) is 14.9 Å². The van der Waals surface area contributed by atoms with Crippen LogP contribution < -0.4 is 10.6 Å². The summed E-state index contributed by atoms with van der Waals surface area (Å²) in [4.78, 5) is 12.4. The monoisotopic (exact) mass is 353 g/mol. The fraction of sp³-hybridized carbons (Fsp3) is 0.562. The maximum atomic E-state index is 12.7. The molecule has 0 aromatic heterocycles. The van der Waals surface area contributed by atoms with Crippen LogP contribution in [0.15, 0.2) is 29.2 Å². The lowest BCUT2D eigenvalue weighted by Crippen LogP contribution is -2.40. The molecule has 2 aliphatic heterocycles. The van der Waals surface area contributed by atoms with Crippen LogP contribution in [-0.2, 0) is 14.8 Å². The summed E-state index contributed by atoms with van der Waals surface area (Å²) in [6.07, 6.45) is 2.17. The fourth-order valence-corrected chi connectivity index (χ4v) is 4.44. The molecule has 132 valence electrons. The second kappa shape index (κ2) is 7.60. The van der Waals surface area contributed by atoms with Crippen LogP contribution >= 0.6 is 0 Å². The van der Waals surface area contributed by atoms with Crippen molar-refractivity contribution in [2.45, 2.75) is 23.8 Å². The van der Waals surface area contributed by atoms with E-state index in [0.29, 0.717) is 44.5 Å². The van der Waals surface area contributed by atoms with Gasteiger partial charge in [0.2, 0.25) is 10.0 Å². The molecule has 1 atom stereocenters. The Morgan fingerprint density at radius 1 is 1.33 bits per heavy atom. The third-order valence-electron chi connectivity index (χ3n) is 4.38. The summed E-state index contributed by atoms with van der Waals surface area (Å²) >= 11 is 0. The van der Waals surface area contributed by atoms with Crippen molar-refractivity contribution in [2.75, 3.05) is 39.4 Å². The summed E-state index contributed by atoms with van der Waals surface area (Å²) in [7, 11) is -3.59. The van der Waals surface area contributed by atoms with Crippen LogP contribution in [0.1, 0.15) is 23.2 Å². The molecule has 2 fully saturated rings. The van der Waals surface area contributed by atoms with Crippen LogP contribution in [0.25, 0.3) is 0 Å². The van der Waals surface area contributed by atoms with Gasteiger partial charge in [-0.05, 0) is 37.6 Å². The average Bonchev–Trinajstić information content (AvgIpc) is 3.14. The van der Waals surface area contributed by atoms with Gasteiger partial charge >= 0.3 is 0 Å². The lowest BCUT2D eigenvalue weighted by molar-refractivity contribution is 0.0730. The molecule has 8 heteroatoms. The van der Waals surface area contributed by atoms with Crippen LogP contribution in [-0.4, -0.2) is 64.1 Å². The highest BCUT2D eigenvalue weighted by Gasteiger charge is 2.27. The minimum atomic E-state index is -3.59. The van der Waals surface area contributed by atoms with Gasteiger partial charge in [0.05, 0.1) is 18.1 Å². The third-order valence-corrected chi connectivity index (χ3v) is 6.27. The molecular formula is C16H23N3O4S. The van der Waals surface area contributed by atoms with Gasteiger partial charge in [0.15, 0.2) is 0 Å². The largest absolute Gasteiger partial charge is 0.379 e. The Bertz CT molecular complexity index is 680. The van der Waals surface area contributed by atoms with Gasteiger partial charge in [-0.3, -0.25) is 4.79 Å². The van der Waals surface area contributed by atoms with Crippen LogP contribution in [0, 0.1) is 0 Å². The smallest absolute Gasteiger partial charge is 0.251 e. The molecule has 1 aromatic rings. The molecule has 0 radical (unpaired) electrons. The molecule has 2 N–H and O–H groups in total. The molecule has 1 unspecified atom stereocenters. The molecule has 24 heavy (non-hydrogen) atoms. The van der Waals surface area contributed by atoms with E-state index in [2.05, 4.69) is 10.6 Å². The normalized spacial score (nSPS) is 22.4. The van der Waals surface area contributed by atoms with Gasteiger partial charge in [-0.15, -0.1) is 0 Å². The molecule has 7 nitrogen and oxygen atoms in total. The van der Waals surface area contributed by atoms with E-state index in [1.165, 1.54) is 16.4 Å². The number of carbonyl (C=O) groups excluding carboxylic acids is 1. The van der Waals surface area contributed by atoms with Gasteiger partial charge < -0.3 is 15.4 Å². The highest BCUT2D eigenvalue weighted by molar-refractivity contribution is 7.89. The van der Waals surface area contributed by atoms with E-state index in [-0.39, 0.29) is 10.8 Å². The van der Waals surface area contributed by atoms with E-state index >= 15 is 0 Å². The number of sulfonamides is 1. The minimum absolute atomic E-state index is 0.149. The Labute approximate surface area is 142 Å². The van der Waals surface area contributed by atoms with Crippen LogP contribution in [0.2, 0.25) is 0 Å². The second-order valence-electron chi connectivity index (χ2n) is 6.05. The number of hydrogen-bond donors (Lipinski definition) is 2. The van der Waals surface area contributed by atoms with Crippen LogP contribution in [0.5, 0.6) is 0 Å². The number of carbonyl (C=O) groups is 1. The first-order chi connectivity index (χ1) is 11.6. The number of morpholine rings is 1. The number of nitrogens with zero attached hydrogens (tertiary/aromatic N) is 1. The Morgan fingerprint density at radius 3 is 2.83 bits per heavy atom. The van der Waals surface area contributed by atoms with Gasteiger partial charge in [0.1, 0.15) is 0 Å². The summed E-state index contributed by atoms with van der Waals surface area (Å²) in [6, 6.07) is 6.52. The Morgan fingerprint density at radius 2 is 2.12 bits per heavy atom. The Kier molecular flexibility index (Phi) is 5.50. The van der Waals surface area contributed by atoms with Crippen molar-refractivity contribution in [3.8, 4) is 0 Å². The fourth-order valence-electron chi connectivity index (χ4n) is 2.98. The predicted molar refractivity (Wildman–Crippen MR) is 89.4 cm³/mol. The Balaban J connectivity index is 1.69. The molecule has 3 rings (SSSR count). The molecule has 2 heterocycles. The van der Waals surface area contributed by atoms with E-state index in [1.807, 2.05) is 0 Å². The molecular weight excluding hydrogens is 330 g/mol. The standard InChI is InChI=1S/C16H23N3O4S/c20-16(18-12-14-4-2-6-17-14)13-3-1-5-15(11-13)24(21,22)19-7-9-23-10-8-19/h1,3,5,11,14,17H,2,4,6-10,12H2,(H,18,20). The molecule has 2 aliphatic rings. The molecule has 0 bridgehead atoms. The zero-order valence-electron chi connectivity index (χ0n) is 13.5. The van der Waals surface area contributed by atoms with Crippen LogP contribution in [0.3, 0.4) is 0 Å². The van der Waals surface area contributed by atoms with E-state index < -0.39 is 10.0 Å². The van der Waals surface area contributed by atoms with Crippen molar-refractivity contribution in [3.63, 3.8) is 0 Å². The first kappa shape index (κ1) is 17.3. The first-order valence-corrected chi connectivity index (χ1v) is 9.71. The maximum Gasteiger partial charge on any atom is 0.251 e. The van der Waals surface area contributed by atoms with Gasteiger partial charge in [-0.25, -0.2) is 8.42 Å². The highest BCUT2D eigenvalue weighted by atomic mass is 32.2. The van der Waals surface area contributed by atoms with Gasteiger partial charge in [-0.2, -0.15) is 4.31 Å². The van der Waals surface area contributed by atoms with Crippen molar-refractivity contribution < 1.29 is 17.9 Å². The molecule has 2 saturated heterocycles. The first-order valence-electron chi connectivity index (χ1n) is 8.27. The zero-order chi connectivity index (χ0) is 17.0. The summed E-state index contributed by atoms with van der Waals surface area (Å²) < 4.78 is 31.9. The van der Waals surface area contributed by atoms with Crippen molar-refractivity contribution in [3.05, 3.63) is 29.8 Å². The SMILES string of the molecule is O=C(NCC1CCCN1)c1cccc(S(=O)(=O)N2CCOCC2)c1. The topological polar surface area (TPSA) is 87.7 Å². The van der Waals surface area contributed by atoms with Crippen molar-refractivity contribution >= 4 is 15.9 Å². The molecule has 0 aliphatic carbocycles. The maximum absolute atomic E-state index is 12.7. The summed E-state index contributed by atoms with van der Waals surface area (Å²) in [6.45, 7) is 3.01. The Hall–Kier alpha value is -1.48. The molecule has 0 spiro atoms. The summed E-state index contributed by atoms with van der Waals surface area (Å²) in [5.41, 5.74) is 0.363. The molecule has 1 aromatic carbocycles. The van der Waals surface area contributed by atoms with E-state index in [1.54, 1.807) is 12.1 Å². The molecule has 1 amide bonds. The lowest BCUT2D eigenvalue weighted by atomic mass is 10.2. The zero-order valence-corrected chi connectivity index (χ0v) is 14.3. The van der Waals surface area contributed by atoms with Gasteiger partial charge in [-0.1, -0.05) is 6.07 Å². The third kappa shape index (κ3) is 3.94. The number of nitrogens with one attached hydrogen (secondary N) is 2. The minimum Gasteiger partial charge on any atom is -0.379 e. The average molecular weight is 353 g/mol. The highest BCUT2D eigenvalue weighted by Crippen LogP contribution is 2.18. The second-order valence-corrected chi connectivity index (χ2v) is 7.99. The number of benzene rings is 1. The van der Waals surface area contributed by atoms with Gasteiger partial charge in [0, 0.05) is 31.2 Å². The quantitative estimate of drug-likeness (QED) is 0.789. The van der Waals surface area contributed by atoms with E-state index in [4.69, 9.17) is 4.74 Å². The van der Waals surface area contributed by atoms with E-state index in [9.17, 15) is 13.2 Å².